The second-order valence-corrected chi connectivity index (χ2v) is 7.56. The van der Waals surface area contributed by atoms with Crippen LogP contribution in [0.3, 0.4) is 0 Å². The number of hydrogen-bond acceptors (Lipinski definition) is 2. The lowest BCUT2D eigenvalue weighted by Gasteiger charge is -2.55. The Hall–Kier alpha value is -1.78. The molecule has 1 amide bonds. The lowest BCUT2D eigenvalue weighted by Crippen LogP contribution is -2.52. The number of nitrogens with zero attached hydrogens (tertiary/aromatic N) is 1. The molecule has 0 radical (unpaired) electrons. The first kappa shape index (κ1) is 14.8. The Morgan fingerprint density at radius 3 is 2.30 bits per heavy atom. The van der Waals surface area contributed by atoms with Crippen LogP contribution in [0, 0.1) is 34.8 Å². The molecule has 1 aromatic rings. The van der Waals surface area contributed by atoms with Gasteiger partial charge in [-0.05, 0) is 68.4 Å². The van der Waals surface area contributed by atoms with Gasteiger partial charge in [0.15, 0.2) is 0 Å². The van der Waals surface area contributed by atoms with Crippen molar-refractivity contribution in [2.24, 2.45) is 28.3 Å². The SMILES string of the molecule is O=C(N/N=C/c1ccc(F)cc1F)C12CC3CC(CC(C3)C1)C2. The third kappa shape index (κ3) is 2.66. The van der Waals surface area contributed by atoms with Gasteiger partial charge in [-0.2, -0.15) is 5.10 Å². The highest BCUT2D eigenvalue weighted by Gasteiger charge is 2.54. The summed E-state index contributed by atoms with van der Waals surface area (Å²) in [4.78, 5) is 12.6. The number of amides is 1. The van der Waals surface area contributed by atoms with E-state index in [2.05, 4.69) is 10.5 Å². The summed E-state index contributed by atoms with van der Waals surface area (Å²) in [7, 11) is 0. The molecule has 4 bridgehead atoms. The summed E-state index contributed by atoms with van der Waals surface area (Å²) < 4.78 is 26.4. The van der Waals surface area contributed by atoms with Crippen molar-refractivity contribution in [1.29, 1.82) is 0 Å². The van der Waals surface area contributed by atoms with Gasteiger partial charge in [0, 0.05) is 11.6 Å². The Morgan fingerprint density at radius 2 is 1.74 bits per heavy atom. The maximum atomic E-state index is 13.5. The highest BCUT2D eigenvalue weighted by molar-refractivity contribution is 5.85. The van der Waals surface area contributed by atoms with Crippen LogP contribution in [-0.2, 0) is 4.79 Å². The molecule has 4 saturated carbocycles. The number of rotatable bonds is 3. The quantitative estimate of drug-likeness (QED) is 0.671. The Balaban J connectivity index is 1.45. The molecular weight excluding hydrogens is 298 g/mol. The maximum absolute atomic E-state index is 13.5. The van der Waals surface area contributed by atoms with Gasteiger partial charge in [-0.25, -0.2) is 14.2 Å². The molecule has 4 fully saturated rings. The van der Waals surface area contributed by atoms with Crippen molar-refractivity contribution in [3.63, 3.8) is 0 Å². The van der Waals surface area contributed by atoms with Gasteiger partial charge < -0.3 is 0 Å². The second-order valence-electron chi connectivity index (χ2n) is 7.56. The second kappa shape index (κ2) is 5.39. The summed E-state index contributed by atoms with van der Waals surface area (Å²) >= 11 is 0. The molecule has 0 aliphatic heterocycles. The predicted octanol–water partition coefficient (Wildman–Crippen LogP) is 3.63. The minimum Gasteiger partial charge on any atom is -0.273 e. The van der Waals surface area contributed by atoms with E-state index < -0.39 is 11.6 Å². The van der Waals surface area contributed by atoms with Crippen LogP contribution in [0.15, 0.2) is 23.3 Å². The Bertz CT molecular complexity index is 636. The number of nitrogens with one attached hydrogen (secondary N) is 1. The molecule has 122 valence electrons. The van der Waals surface area contributed by atoms with Crippen LogP contribution < -0.4 is 5.43 Å². The van der Waals surface area contributed by atoms with Crippen LogP contribution in [0.1, 0.15) is 44.1 Å². The van der Waals surface area contributed by atoms with Gasteiger partial charge in [0.1, 0.15) is 11.6 Å². The zero-order valence-electron chi connectivity index (χ0n) is 12.9. The van der Waals surface area contributed by atoms with Crippen LogP contribution in [0.5, 0.6) is 0 Å². The van der Waals surface area contributed by atoms with E-state index in [1.165, 1.54) is 37.6 Å². The zero-order chi connectivity index (χ0) is 16.0. The molecule has 1 aromatic carbocycles. The van der Waals surface area contributed by atoms with Crippen molar-refractivity contribution < 1.29 is 13.6 Å². The van der Waals surface area contributed by atoms with Gasteiger partial charge in [-0.3, -0.25) is 4.79 Å². The van der Waals surface area contributed by atoms with Gasteiger partial charge in [0.2, 0.25) is 5.91 Å². The summed E-state index contributed by atoms with van der Waals surface area (Å²) in [6, 6.07) is 3.29. The van der Waals surface area contributed by atoms with Gasteiger partial charge in [0.25, 0.3) is 0 Å². The molecule has 1 N–H and O–H groups in total. The average molecular weight is 318 g/mol. The van der Waals surface area contributed by atoms with E-state index in [1.807, 2.05) is 0 Å². The third-order valence-electron chi connectivity index (χ3n) is 5.85. The van der Waals surface area contributed by atoms with Gasteiger partial charge >= 0.3 is 0 Å². The van der Waals surface area contributed by atoms with E-state index in [4.69, 9.17) is 0 Å². The molecule has 3 nitrogen and oxygen atoms in total. The monoisotopic (exact) mass is 318 g/mol. The predicted molar refractivity (Wildman–Crippen MR) is 82.7 cm³/mol. The van der Waals surface area contributed by atoms with Crippen LogP contribution in [0.4, 0.5) is 8.78 Å². The van der Waals surface area contributed by atoms with Crippen LogP contribution in [0.2, 0.25) is 0 Å². The summed E-state index contributed by atoms with van der Waals surface area (Å²) in [5, 5.41) is 3.90. The third-order valence-corrected chi connectivity index (χ3v) is 5.85. The highest BCUT2D eigenvalue weighted by atomic mass is 19.1. The summed E-state index contributed by atoms with van der Waals surface area (Å²) in [5.41, 5.74) is 2.49. The van der Waals surface area contributed by atoms with Crippen molar-refractivity contribution in [2.45, 2.75) is 38.5 Å². The number of halogens is 2. The van der Waals surface area contributed by atoms with E-state index >= 15 is 0 Å². The van der Waals surface area contributed by atoms with Crippen molar-refractivity contribution in [3.05, 3.63) is 35.4 Å². The molecule has 23 heavy (non-hydrogen) atoms. The standard InChI is InChI=1S/C18H20F2N2O/c19-15-2-1-14(16(20)6-15)10-21-22-17(23)18-7-11-3-12(8-18)5-13(4-11)9-18/h1-2,6,10-13H,3-5,7-9H2,(H,22,23)/b21-10+. The fourth-order valence-corrected chi connectivity index (χ4v) is 5.27. The fraction of sp³-hybridized carbons (Fsp3) is 0.556. The minimum absolute atomic E-state index is 0.0321. The summed E-state index contributed by atoms with van der Waals surface area (Å²) in [6.45, 7) is 0. The summed E-state index contributed by atoms with van der Waals surface area (Å²) in [6.07, 6.45) is 7.96. The highest BCUT2D eigenvalue weighted by Crippen LogP contribution is 2.60. The van der Waals surface area contributed by atoms with Gasteiger partial charge in [-0.15, -0.1) is 0 Å². The lowest BCUT2D eigenvalue weighted by atomic mass is 9.49. The first-order chi connectivity index (χ1) is 11.0. The number of benzene rings is 1. The topological polar surface area (TPSA) is 41.5 Å². The minimum atomic E-state index is -0.683. The molecular formula is C18H20F2N2O. The number of hydrogen-bond donors (Lipinski definition) is 1. The van der Waals surface area contributed by atoms with E-state index in [-0.39, 0.29) is 16.9 Å². The fourth-order valence-electron chi connectivity index (χ4n) is 5.27. The smallest absolute Gasteiger partial charge is 0.246 e. The van der Waals surface area contributed by atoms with Crippen molar-refractivity contribution in [3.8, 4) is 0 Å². The van der Waals surface area contributed by atoms with Crippen molar-refractivity contribution in [1.82, 2.24) is 5.43 Å². The van der Waals surface area contributed by atoms with Gasteiger partial charge in [-0.1, -0.05) is 0 Å². The molecule has 0 heterocycles. The molecule has 0 atom stereocenters. The zero-order valence-corrected chi connectivity index (χ0v) is 12.9. The Labute approximate surface area is 134 Å². The molecule has 4 aliphatic rings. The van der Waals surface area contributed by atoms with E-state index in [0.717, 1.165) is 25.3 Å². The molecule has 5 heteroatoms. The number of carbonyl (C=O) groups excluding carboxylic acids is 1. The first-order valence-electron chi connectivity index (χ1n) is 8.33. The van der Waals surface area contributed by atoms with E-state index in [0.29, 0.717) is 17.8 Å². The number of carbonyl (C=O) groups is 1. The molecule has 4 aliphatic carbocycles. The lowest BCUT2D eigenvalue weighted by molar-refractivity contribution is -0.146. The molecule has 0 aromatic heterocycles. The van der Waals surface area contributed by atoms with E-state index in [1.54, 1.807) is 0 Å². The van der Waals surface area contributed by atoms with Crippen LogP contribution >= 0.6 is 0 Å². The Morgan fingerprint density at radius 1 is 1.13 bits per heavy atom. The van der Waals surface area contributed by atoms with Crippen LogP contribution in [-0.4, -0.2) is 12.1 Å². The van der Waals surface area contributed by atoms with Crippen molar-refractivity contribution >= 4 is 12.1 Å². The molecule has 0 saturated heterocycles. The molecule has 0 unspecified atom stereocenters. The largest absolute Gasteiger partial charge is 0.273 e. The average Bonchev–Trinajstić information content (AvgIpc) is 2.48. The Kier molecular flexibility index (Phi) is 3.47. The van der Waals surface area contributed by atoms with Gasteiger partial charge in [0.05, 0.1) is 11.6 Å². The summed E-state index contributed by atoms with van der Waals surface area (Å²) in [5.74, 6) is 0.715. The first-order valence-corrected chi connectivity index (χ1v) is 8.33. The molecule has 5 rings (SSSR count). The van der Waals surface area contributed by atoms with Crippen LogP contribution in [0.25, 0.3) is 0 Å². The van der Waals surface area contributed by atoms with Crippen molar-refractivity contribution in [2.75, 3.05) is 0 Å². The maximum Gasteiger partial charge on any atom is 0.246 e. The normalized spacial score (nSPS) is 35.0. The molecule has 0 spiro atoms. The number of hydrazone groups is 1. The van der Waals surface area contributed by atoms with E-state index in [9.17, 15) is 13.6 Å².